The minimum Gasteiger partial charge on any atom is -0.445 e. The second kappa shape index (κ2) is 8.86. The molecule has 0 unspecified atom stereocenters. The van der Waals surface area contributed by atoms with E-state index in [1.54, 1.807) is 32.0 Å². The average molecular weight is 436 g/mol. The molecular formula is C21H19Cl2NO5. The van der Waals surface area contributed by atoms with Crippen LogP contribution in [-0.2, 0) is 37.1 Å². The zero-order valence-corrected chi connectivity index (χ0v) is 17.4. The van der Waals surface area contributed by atoms with Crippen LogP contribution in [0.5, 0.6) is 0 Å². The molecule has 0 spiro atoms. The molecule has 0 bridgehead atoms. The van der Waals surface area contributed by atoms with Crippen molar-refractivity contribution in [1.82, 2.24) is 5.06 Å². The first-order valence-electron chi connectivity index (χ1n) is 8.80. The minimum absolute atomic E-state index is 0.0881. The van der Waals surface area contributed by atoms with Crippen LogP contribution in [0, 0.1) is 0 Å². The van der Waals surface area contributed by atoms with E-state index in [-0.39, 0.29) is 18.9 Å². The van der Waals surface area contributed by atoms with Crippen molar-refractivity contribution in [2.45, 2.75) is 32.8 Å². The van der Waals surface area contributed by atoms with Gasteiger partial charge in [0.2, 0.25) is 11.5 Å². The predicted octanol–water partition coefficient (Wildman–Crippen LogP) is 4.65. The van der Waals surface area contributed by atoms with Crippen LogP contribution in [0.15, 0.2) is 60.4 Å². The number of ether oxygens (including phenoxy) is 2. The van der Waals surface area contributed by atoms with E-state index in [1.165, 1.54) is 0 Å². The number of carbonyl (C=O) groups is 2. The normalized spacial score (nSPS) is 16.4. The fourth-order valence-electron chi connectivity index (χ4n) is 2.59. The summed E-state index contributed by atoms with van der Waals surface area (Å²) in [7, 11) is 0. The number of rotatable bonds is 6. The molecule has 2 aromatic rings. The van der Waals surface area contributed by atoms with Gasteiger partial charge in [-0.15, -0.1) is 0 Å². The number of hydroxylamine groups is 2. The van der Waals surface area contributed by atoms with Crippen LogP contribution >= 0.6 is 23.2 Å². The Labute approximate surface area is 178 Å². The zero-order chi connectivity index (χ0) is 21.0. The number of carbonyl (C=O) groups excluding carboxylic acids is 2. The molecule has 0 aromatic heterocycles. The summed E-state index contributed by atoms with van der Waals surface area (Å²) in [5.41, 5.74) is 1.58. The molecule has 1 amide bonds. The molecule has 1 saturated heterocycles. The first-order chi connectivity index (χ1) is 13.7. The molecule has 29 heavy (non-hydrogen) atoms. The van der Waals surface area contributed by atoms with Gasteiger partial charge >= 0.3 is 5.97 Å². The number of esters is 1. The second-order valence-electron chi connectivity index (χ2n) is 6.78. The van der Waals surface area contributed by atoms with Gasteiger partial charge in [-0.25, -0.2) is 9.86 Å². The lowest BCUT2D eigenvalue weighted by Crippen LogP contribution is -2.30. The van der Waals surface area contributed by atoms with E-state index in [0.29, 0.717) is 15.6 Å². The number of cyclic esters (lactones) is 1. The third kappa shape index (κ3) is 5.73. The van der Waals surface area contributed by atoms with Gasteiger partial charge in [0.05, 0.1) is 22.7 Å². The van der Waals surface area contributed by atoms with E-state index in [4.69, 9.17) is 37.5 Å². The Hall–Kier alpha value is -2.54. The molecule has 8 heteroatoms. The van der Waals surface area contributed by atoms with Gasteiger partial charge in [0, 0.05) is 13.8 Å². The summed E-state index contributed by atoms with van der Waals surface area (Å²) in [5, 5.41) is 1.90. The summed E-state index contributed by atoms with van der Waals surface area (Å²) in [6.07, 6.45) is 1.06. The van der Waals surface area contributed by atoms with E-state index in [9.17, 15) is 9.59 Å². The molecule has 0 aliphatic carbocycles. The molecular weight excluding hydrogens is 417 g/mol. The van der Waals surface area contributed by atoms with Crippen molar-refractivity contribution in [2.24, 2.45) is 0 Å². The van der Waals surface area contributed by atoms with E-state index in [0.717, 1.165) is 16.7 Å². The molecule has 152 valence electrons. The van der Waals surface area contributed by atoms with Crippen molar-refractivity contribution in [2.75, 3.05) is 0 Å². The van der Waals surface area contributed by atoms with Gasteiger partial charge in [0.25, 0.3) is 5.91 Å². The van der Waals surface area contributed by atoms with Gasteiger partial charge in [-0.3, -0.25) is 9.63 Å². The van der Waals surface area contributed by atoms with Crippen LogP contribution in [0.3, 0.4) is 0 Å². The summed E-state index contributed by atoms with van der Waals surface area (Å²) < 4.78 is 10.4. The monoisotopic (exact) mass is 435 g/mol. The van der Waals surface area contributed by atoms with Gasteiger partial charge in [0.15, 0.2) is 0 Å². The maximum atomic E-state index is 12.8. The summed E-state index contributed by atoms with van der Waals surface area (Å²) in [6.45, 7) is 3.41. The molecule has 6 nitrogen and oxygen atoms in total. The quantitative estimate of drug-likeness (QED) is 0.375. The molecule has 2 aromatic carbocycles. The smallest absolute Gasteiger partial charge is 0.377 e. The summed E-state index contributed by atoms with van der Waals surface area (Å²) in [6, 6.07) is 14.4. The van der Waals surface area contributed by atoms with Crippen LogP contribution in [0.25, 0.3) is 0 Å². The number of hydrogen-bond donors (Lipinski definition) is 0. The van der Waals surface area contributed by atoms with E-state index >= 15 is 0 Å². The van der Waals surface area contributed by atoms with Crippen LogP contribution in [0.4, 0.5) is 0 Å². The Morgan fingerprint density at radius 3 is 2.41 bits per heavy atom. The number of nitrogens with zero attached hydrogens (tertiary/aromatic N) is 1. The number of halogens is 2. The van der Waals surface area contributed by atoms with Gasteiger partial charge in [0.1, 0.15) is 6.61 Å². The van der Waals surface area contributed by atoms with Crippen molar-refractivity contribution in [3.05, 3.63) is 81.5 Å². The van der Waals surface area contributed by atoms with Crippen LogP contribution in [-0.4, -0.2) is 22.7 Å². The van der Waals surface area contributed by atoms with Crippen molar-refractivity contribution in [1.29, 1.82) is 0 Å². The first-order valence-corrected chi connectivity index (χ1v) is 9.55. The molecule has 0 atom stereocenters. The van der Waals surface area contributed by atoms with Gasteiger partial charge < -0.3 is 9.47 Å². The standard InChI is InChI=1S/C21H19Cl2NO5/c1-21(2)28-18(20(26)29-21)11-19(25)24(27-13-14-6-4-3-5-7-14)12-15-8-9-16(22)17(23)10-15/h3-11H,12-13H2,1-2H3. The lowest BCUT2D eigenvalue weighted by Gasteiger charge is -2.21. The number of hydrogen-bond acceptors (Lipinski definition) is 5. The first kappa shape index (κ1) is 21.2. The average Bonchev–Trinajstić information content (AvgIpc) is 2.93. The molecule has 1 aliphatic heterocycles. The Balaban J connectivity index is 1.80. The fraction of sp³-hybridized carbons (Fsp3) is 0.238. The zero-order valence-electron chi connectivity index (χ0n) is 15.9. The van der Waals surface area contributed by atoms with Gasteiger partial charge in [-0.2, -0.15) is 0 Å². The van der Waals surface area contributed by atoms with Crippen LogP contribution in [0.2, 0.25) is 10.0 Å². The van der Waals surface area contributed by atoms with Crippen molar-refractivity contribution in [3.63, 3.8) is 0 Å². The predicted molar refractivity (Wildman–Crippen MR) is 108 cm³/mol. The molecule has 1 heterocycles. The lowest BCUT2D eigenvalue weighted by atomic mass is 10.2. The summed E-state index contributed by atoms with van der Waals surface area (Å²) in [4.78, 5) is 30.4. The van der Waals surface area contributed by atoms with E-state index < -0.39 is 17.7 Å². The summed E-state index contributed by atoms with van der Waals surface area (Å²) in [5.74, 6) is -2.58. The topological polar surface area (TPSA) is 65.1 Å². The number of amides is 1. The third-order valence-electron chi connectivity index (χ3n) is 3.94. The highest BCUT2D eigenvalue weighted by Crippen LogP contribution is 2.27. The SMILES string of the molecule is CC1(C)OC(=O)C(=CC(=O)N(Cc2ccc(Cl)c(Cl)c2)OCc2ccccc2)O1. The maximum Gasteiger partial charge on any atom is 0.377 e. The van der Waals surface area contributed by atoms with E-state index in [1.807, 2.05) is 30.3 Å². The molecule has 1 fully saturated rings. The summed E-state index contributed by atoms with van der Waals surface area (Å²) >= 11 is 12.0. The Bertz CT molecular complexity index is 943. The molecule has 0 N–H and O–H groups in total. The highest BCUT2D eigenvalue weighted by Gasteiger charge is 2.38. The second-order valence-corrected chi connectivity index (χ2v) is 7.60. The molecule has 3 rings (SSSR count). The highest BCUT2D eigenvalue weighted by molar-refractivity contribution is 6.42. The Morgan fingerprint density at radius 1 is 1.07 bits per heavy atom. The van der Waals surface area contributed by atoms with Gasteiger partial charge in [-0.05, 0) is 23.3 Å². The highest BCUT2D eigenvalue weighted by atomic mass is 35.5. The Kier molecular flexibility index (Phi) is 6.47. The van der Waals surface area contributed by atoms with Crippen molar-refractivity contribution < 1.29 is 23.9 Å². The molecule has 1 aliphatic rings. The van der Waals surface area contributed by atoms with Crippen molar-refractivity contribution in [3.8, 4) is 0 Å². The molecule has 0 radical (unpaired) electrons. The van der Waals surface area contributed by atoms with Crippen LogP contribution < -0.4 is 0 Å². The lowest BCUT2D eigenvalue weighted by molar-refractivity contribution is -0.190. The van der Waals surface area contributed by atoms with Gasteiger partial charge in [-0.1, -0.05) is 59.6 Å². The van der Waals surface area contributed by atoms with E-state index in [2.05, 4.69) is 0 Å². The van der Waals surface area contributed by atoms with Crippen molar-refractivity contribution >= 4 is 35.1 Å². The fourth-order valence-corrected chi connectivity index (χ4v) is 2.91. The number of benzene rings is 2. The maximum absolute atomic E-state index is 12.8. The largest absolute Gasteiger partial charge is 0.445 e. The third-order valence-corrected chi connectivity index (χ3v) is 4.67. The minimum atomic E-state index is -1.12. The molecule has 0 saturated carbocycles. The Morgan fingerprint density at radius 2 is 1.79 bits per heavy atom. The van der Waals surface area contributed by atoms with Crippen LogP contribution in [0.1, 0.15) is 25.0 Å².